The quantitative estimate of drug-likeness (QED) is 0.572. The molecule has 0 bridgehead atoms. The van der Waals surface area contributed by atoms with Gasteiger partial charge in [-0.2, -0.15) is 0 Å². The molecular weight excluding hydrogens is 419 g/mol. The first-order valence-electron chi connectivity index (χ1n) is 9.84. The molecule has 0 radical (unpaired) electrons. The Morgan fingerprint density at radius 3 is 2.74 bits per heavy atom. The van der Waals surface area contributed by atoms with Crippen LogP contribution in [0.25, 0.3) is 0 Å². The number of hydrogen-bond acceptors (Lipinski definition) is 3. The number of benzene rings is 2. The van der Waals surface area contributed by atoms with Gasteiger partial charge in [0.05, 0.1) is 5.69 Å². The Morgan fingerprint density at radius 1 is 1.10 bits per heavy atom. The number of anilines is 2. The van der Waals surface area contributed by atoms with E-state index in [4.69, 9.17) is 11.6 Å². The molecule has 0 unspecified atom stereocenters. The molecule has 1 fully saturated rings. The van der Waals surface area contributed by atoms with Gasteiger partial charge in [0, 0.05) is 37.1 Å². The molecule has 0 spiro atoms. The number of hydrogen-bond donors (Lipinski definition) is 1. The maximum atomic E-state index is 13.5. The van der Waals surface area contributed by atoms with Crippen molar-refractivity contribution in [2.24, 2.45) is 0 Å². The molecule has 3 amide bonds. The molecule has 1 aliphatic rings. The van der Waals surface area contributed by atoms with Crippen molar-refractivity contribution in [2.45, 2.75) is 13.0 Å². The van der Waals surface area contributed by atoms with Crippen molar-refractivity contribution in [1.82, 2.24) is 9.88 Å². The average Bonchev–Trinajstić information content (AvgIpc) is 2.77. The van der Waals surface area contributed by atoms with Crippen LogP contribution in [-0.4, -0.2) is 34.9 Å². The molecule has 2 heterocycles. The number of rotatable bonds is 5. The number of nitrogens with zero attached hydrogens (tertiary/aromatic N) is 3. The lowest BCUT2D eigenvalue weighted by molar-refractivity contribution is 0.102. The Labute approximate surface area is 184 Å². The fraction of sp³-hybridized carbons (Fsp3) is 0.174. The molecule has 3 aromatic rings. The van der Waals surface area contributed by atoms with Crippen LogP contribution >= 0.6 is 11.6 Å². The normalized spacial score (nSPS) is 13.9. The number of halogens is 2. The fourth-order valence-corrected chi connectivity index (χ4v) is 3.68. The highest BCUT2D eigenvalue weighted by Crippen LogP contribution is 2.24. The summed E-state index contributed by atoms with van der Waals surface area (Å²) in [6.07, 6.45) is 2.30. The van der Waals surface area contributed by atoms with Crippen LogP contribution in [0.2, 0.25) is 5.15 Å². The number of pyridine rings is 1. The number of carbonyl (C=O) groups is 2. The minimum absolute atomic E-state index is 0.177. The van der Waals surface area contributed by atoms with Gasteiger partial charge in [-0.1, -0.05) is 29.8 Å². The summed E-state index contributed by atoms with van der Waals surface area (Å²) in [5.74, 6) is -0.677. The van der Waals surface area contributed by atoms with Gasteiger partial charge in [0.25, 0.3) is 5.91 Å². The smallest absolute Gasteiger partial charge is 0.320 e. The molecular formula is C23H20ClFN4O2. The van der Waals surface area contributed by atoms with Crippen LogP contribution in [0.4, 0.5) is 20.6 Å². The molecule has 31 heavy (non-hydrogen) atoms. The predicted molar refractivity (Wildman–Crippen MR) is 118 cm³/mol. The van der Waals surface area contributed by atoms with E-state index in [1.54, 1.807) is 58.3 Å². The molecule has 6 nitrogen and oxygen atoms in total. The third-order valence-corrected chi connectivity index (χ3v) is 5.30. The molecule has 0 atom stereocenters. The van der Waals surface area contributed by atoms with E-state index in [9.17, 15) is 14.0 Å². The summed E-state index contributed by atoms with van der Waals surface area (Å²) in [6, 6.07) is 16.3. The maximum Gasteiger partial charge on any atom is 0.324 e. The Bertz CT molecular complexity index is 1120. The zero-order valence-corrected chi connectivity index (χ0v) is 17.3. The molecule has 1 N–H and O–H groups in total. The largest absolute Gasteiger partial charge is 0.324 e. The summed E-state index contributed by atoms with van der Waals surface area (Å²) in [7, 11) is 0. The van der Waals surface area contributed by atoms with Crippen LogP contribution in [0.1, 0.15) is 22.3 Å². The second-order valence-electron chi connectivity index (χ2n) is 7.19. The first-order valence-corrected chi connectivity index (χ1v) is 10.2. The number of amides is 3. The topological polar surface area (TPSA) is 65.5 Å². The van der Waals surface area contributed by atoms with Crippen LogP contribution in [0.3, 0.4) is 0 Å². The van der Waals surface area contributed by atoms with Crippen LogP contribution in [0, 0.1) is 5.82 Å². The lowest BCUT2D eigenvalue weighted by atomic mass is 10.1. The Hall–Kier alpha value is -3.45. The zero-order valence-electron chi connectivity index (χ0n) is 16.6. The fourth-order valence-electron chi connectivity index (χ4n) is 3.51. The van der Waals surface area contributed by atoms with Crippen molar-refractivity contribution in [3.05, 3.63) is 89.0 Å². The van der Waals surface area contributed by atoms with Gasteiger partial charge in [-0.3, -0.25) is 9.69 Å². The highest BCUT2D eigenvalue weighted by molar-refractivity contribution is 6.32. The van der Waals surface area contributed by atoms with Gasteiger partial charge in [-0.05, 0) is 54.4 Å². The van der Waals surface area contributed by atoms with Gasteiger partial charge in [-0.25, -0.2) is 14.2 Å². The van der Waals surface area contributed by atoms with Crippen molar-refractivity contribution in [2.75, 3.05) is 23.3 Å². The molecule has 4 rings (SSSR count). The number of nitrogens with one attached hydrogen (secondary N) is 1. The van der Waals surface area contributed by atoms with E-state index in [1.165, 1.54) is 18.3 Å². The maximum absolute atomic E-state index is 13.5. The van der Waals surface area contributed by atoms with E-state index >= 15 is 0 Å². The van der Waals surface area contributed by atoms with Gasteiger partial charge in [0.15, 0.2) is 5.15 Å². The van der Waals surface area contributed by atoms with Gasteiger partial charge in [0.1, 0.15) is 5.82 Å². The number of urea groups is 1. The van der Waals surface area contributed by atoms with E-state index in [-0.39, 0.29) is 22.9 Å². The van der Waals surface area contributed by atoms with E-state index in [0.717, 1.165) is 12.0 Å². The molecule has 1 aromatic heterocycles. The molecule has 1 saturated heterocycles. The third-order valence-electron chi connectivity index (χ3n) is 5.00. The molecule has 8 heteroatoms. The van der Waals surface area contributed by atoms with Crippen molar-refractivity contribution in [3.8, 4) is 0 Å². The molecule has 2 aromatic carbocycles. The van der Waals surface area contributed by atoms with E-state index < -0.39 is 0 Å². The summed E-state index contributed by atoms with van der Waals surface area (Å²) in [5.41, 5.74) is 2.16. The summed E-state index contributed by atoms with van der Waals surface area (Å²) in [6.45, 7) is 1.45. The van der Waals surface area contributed by atoms with Crippen LogP contribution in [0.5, 0.6) is 0 Å². The summed E-state index contributed by atoms with van der Waals surface area (Å²) < 4.78 is 13.5. The highest BCUT2D eigenvalue weighted by atomic mass is 35.5. The van der Waals surface area contributed by atoms with Gasteiger partial charge >= 0.3 is 6.03 Å². The van der Waals surface area contributed by atoms with E-state index in [2.05, 4.69) is 10.3 Å². The number of aromatic nitrogens is 1. The van der Waals surface area contributed by atoms with E-state index in [0.29, 0.717) is 36.6 Å². The van der Waals surface area contributed by atoms with Crippen LogP contribution < -0.4 is 10.2 Å². The second-order valence-corrected chi connectivity index (χ2v) is 7.54. The van der Waals surface area contributed by atoms with Gasteiger partial charge < -0.3 is 10.2 Å². The Balaban J connectivity index is 1.50. The summed E-state index contributed by atoms with van der Waals surface area (Å²) >= 11 is 6.01. The highest BCUT2D eigenvalue weighted by Gasteiger charge is 2.27. The molecule has 0 saturated carbocycles. The van der Waals surface area contributed by atoms with Crippen LogP contribution in [-0.2, 0) is 6.54 Å². The molecule has 0 aliphatic carbocycles. The van der Waals surface area contributed by atoms with Crippen molar-refractivity contribution in [1.29, 1.82) is 0 Å². The van der Waals surface area contributed by atoms with Gasteiger partial charge in [-0.15, -0.1) is 0 Å². The Kier molecular flexibility index (Phi) is 6.13. The predicted octanol–water partition coefficient (Wildman–Crippen LogP) is 4.96. The standard InChI is InChI=1S/C23H20ClFN4O2/c24-21-20(9-3-10-26-21)27-22(30)17-6-2-8-19(14-17)29-12-4-11-28(23(29)31)15-16-5-1-7-18(25)13-16/h1-3,5-10,13-14H,4,11-12,15H2,(H,27,30). The van der Waals surface area contributed by atoms with Crippen molar-refractivity contribution < 1.29 is 14.0 Å². The lowest BCUT2D eigenvalue weighted by Gasteiger charge is -2.35. The summed E-state index contributed by atoms with van der Waals surface area (Å²) in [4.78, 5) is 33.0. The van der Waals surface area contributed by atoms with E-state index in [1.807, 2.05) is 0 Å². The Morgan fingerprint density at radius 2 is 1.94 bits per heavy atom. The lowest BCUT2D eigenvalue weighted by Crippen LogP contribution is -2.49. The average molecular weight is 439 g/mol. The molecule has 1 aliphatic heterocycles. The summed E-state index contributed by atoms with van der Waals surface area (Å²) in [5, 5.41) is 2.93. The molecule has 158 valence electrons. The van der Waals surface area contributed by atoms with Crippen molar-refractivity contribution >= 4 is 34.9 Å². The third kappa shape index (κ3) is 4.83. The van der Waals surface area contributed by atoms with Gasteiger partial charge in [0.2, 0.25) is 0 Å². The minimum Gasteiger partial charge on any atom is -0.320 e. The van der Waals surface area contributed by atoms with Crippen molar-refractivity contribution in [3.63, 3.8) is 0 Å². The first kappa shape index (κ1) is 20.8. The zero-order chi connectivity index (χ0) is 21.8. The number of carbonyl (C=O) groups excluding carboxylic acids is 2. The van der Waals surface area contributed by atoms with Crippen LogP contribution in [0.15, 0.2) is 66.9 Å². The first-order chi connectivity index (χ1) is 15.0. The second kappa shape index (κ2) is 9.14. The minimum atomic E-state index is -0.349. The SMILES string of the molecule is O=C(Nc1cccnc1Cl)c1cccc(N2CCCN(Cc3cccc(F)c3)C2=O)c1. The monoisotopic (exact) mass is 438 g/mol.